The van der Waals surface area contributed by atoms with Crippen LogP contribution in [0.5, 0.6) is 5.75 Å². The molecule has 1 N–H and O–H groups in total. The van der Waals surface area contributed by atoms with Crippen molar-refractivity contribution in [1.29, 1.82) is 0 Å². The van der Waals surface area contributed by atoms with E-state index in [-0.39, 0.29) is 42.9 Å². The van der Waals surface area contributed by atoms with Gasteiger partial charge in [-0.3, -0.25) is 4.98 Å². The third kappa shape index (κ3) is 4.93. The zero-order valence-corrected chi connectivity index (χ0v) is 19.9. The van der Waals surface area contributed by atoms with Crippen molar-refractivity contribution in [3.05, 3.63) is 83.7 Å². The molecule has 2 heterocycles. The summed E-state index contributed by atoms with van der Waals surface area (Å²) in [5.74, 6) is 0.784. The van der Waals surface area contributed by atoms with Crippen LogP contribution < -0.4 is 10.1 Å². The topological polar surface area (TPSA) is 63.7 Å². The molecule has 3 aromatic rings. The number of benzene rings is 2. The van der Waals surface area contributed by atoms with Crippen LogP contribution in [0.2, 0.25) is 0 Å². The van der Waals surface area contributed by atoms with Crippen LogP contribution in [-0.4, -0.2) is 49.3 Å². The summed E-state index contributed by atoms with van der Waals surface area (Å²) in [5, 5.41) is 3.43. The molecule has 174 valence electrons. The van der Waals surface area contributed by atoms with Gasteiger partial charge in [-0.1, -0.05) is 48.5 Å². The first-order valence-electron chi connectivity index (χ1n) is 10.6. The lowest BCUT2D eigenvalue weighted by Crippen LogP contribution is -2.48. The van der Waals surface area contributed by atoms with Crippen LogP contribution in [0.1, 0.15) is 28.8 Å². The average molecular weight is 488 g/mol. The maximum Gasteiger partial charge on any atom is 0.409 e. The van der Waals surface area contributed by atoms with E-state index in [4.69, 9.17) is 9.47 Å². The number of carbonyl (C=O) groups is 1. The predicted octanol–water partition coefficient (Wildman–Crippen LogP) is 4.83. The number of carbonyl (C=O) groups excluding carboxylic acids is 1. The maximum absolute atomic E-state index is 12.9. The number of nitrogens with one attached hydrogen (secondary N) is 1. The number of halogens is 2. The highest BCUT2D eigenvalue weighted by Crippen LogP contribution is 2.44. The van der Waals surface area contributed by atoms with Gasteiger partial charge in [0.2, 0.25) is 0 Å². The summed E-state index contributed by atoms with van der Waals surface area (Å²) in [6, 6.07) is 20.5. The third-order valence-corrected chi connectivity index (χ3v) is 6.12. The summed E-state index contributed by atoms with van der Waals surface area (Å²) in [5.41, 5.74) is 5.78. The molecule has 1 fully saturated rings. The molecule has 1 saturated heterocycles. The SMILES string of the molecule is COc1ccc(C2CN(C(=O)OCC3c4ccccc4-c4ccccc43)CCN2)nc1.Cl.Cl. The number of ether oxygens (including phenoxy) is 2. The van der Waals surface area contributed by atoms with Crippen LogP contribution >= 0.6 is 24.8 Å². The summed E-state index contributed by atoms with van der Waals surface area (Å²) >= 11 is 0. The Bertz CT molecular complexity index is 1050. The molecule has 1 aromatic heterocycles. The van der Waals surface area contributed by atoms with Gasteiger partial charge < -0.3 is 19.7 Å². The van der Waals surface area contributed by atoms with Gasteiger partial charge in [-0.25, -0.2) is 4.79 Å². The fourth-order valence-electron chi connectivity index (χ4n) is 4.52. The standard InChI is InChI=1S/C25H25N3O3.2ClH/c1-30-17-10-11-23(27-14-17)24-15-28(13-12-26-24)25(29)31-16-22-20-8-4-2-6-18(20)19-7-3-5-9-21(19)22;;/h2-11,14,22,24,26H,12-13,15-16H2,1H3;2*1H. The third-order valence-electron chi connectivity index (χ3n) is 6.12. The van der Waals surface area contributed by atoms with Crippen molar-refractivity contribution in [2.24, 2.45) is 0 Å². The van der Waals surface area contributed by atoms with Gasteiger partial charge in [0, 0.05) is 25.6 Å². The Hall–Kier alpha value is -2.80. The maximum atomic E-state index is 12.9. The first-order chi connectivity index (χ1) is 15.2. The van der Waals surface area contributed by atoms with Crippen molar-refractivity contribution in [2.75, 3.05) is 33.4 Å². The number of aromatic nitrogens is 1. The average Bonchev–Trinajstić information content (AvgIpc) is 3.16. The highest BCUT2D eigenvalue weighted by molar-refractivity contribution is 5.85. The number of piperazine rings is 1. The molecule has 0 bridgehead atoms. The van der Waals surface area contributed by atoms with Crippen LogP contribution in [0.15, 0.2) is 66.9 Å². The van der Waals surface area contributed by atoms with Crippen molar-refractivity contribution < 1.29 is 14.3 Å². The van der Waals surface area contributed by atoms with Crippen molar-refractivity contribution in [2.45, 2.75) is 12.0 Å². The molecule has 2 aromatic carbocycles. The van der Waals surface area contributed by atoms with Gasteiger partial charge in [0.25, 0.3) is 0 Å². The van der Waals surface area contributed by atoms with E-state index in [1.807, 2.05) is 24.3 Å². The van der Waals surface area contributed by atoms with E-state index >= 15 is 0 Å². The molecular formula is C25H27Cl2N3O3. The van der Waals surface area contributed by atoms with E-state index in [1.54, 1.807) is 18.2 Å². The number of hydrogen-bond donors (Lipinski definition) is 1. The predicted molar refractivity (Wildman–Crippen MR) is 133 cm³/mol. The van der Waals surface area contributed by atoms with Crippen LogP contribution in [0.25, 0.3) is 11.1 Å². The normalized spacial score (nSPS) is 16.6. The minimum absolute atomic E-state index is 0. The molecule has 1 aliphatic heterocycles. The number of fused-ring (bicyclic) bond motifs is 3. The van der Waals surface area contributed by atoms with Gasteiger partial charge in [0.1, 0.15) is 12.4 Å². The molecule has 1 atom stereocenters. The molecule has 8 heteroatoms. The molecule has 0 saturated carbocycles. The Labute approximate surface area is 206 Å². The first kappa shape index (κ1) is 24.8. The molecule has 0 spiro atoms. The summed E-state index contributed by atoms with van der Waals surface area (Å²) in [4.78, 5) is 19.1. The van der Waals surface area contributed by atoms with Crippen LogP contribution in [0.3, 0.4) is 0 Å². The van der Waals surface area contributed by atoms with Crippen molar-refractivity contribution in [1.82, 2.24) is 15.2 Å². The van der Waals surface area contributed by atoms with Crippen LogP contribution in [-0.2, 0) is 4.74 Å². The van der Waals surface area contributed by atoms with Crippen molar-refractivity contribution in [3.8, 4) is 16.9 Å². The summed E-state index contributed by atoms with van der Waals surface area (Å²) < 4.78 is 11.0. The molecule has 5 rings (SSSR count). The molecule has 33 heavy (non-hydrogen) atoms. The lowest BCUT2D eigenvalue weighted by molar-refractivity contribution is 0.0880. The number of nitrogens with zero attached hydrogens (tertiary/aromatic N) is 2. The van der Waals surface area contributed by atoms with E-state index in [0.29, 0.717) is 32.0 Å². The van der Waals surface area contributed by atoms with Gasteiger partial charge in [0.15, 0.2) is 0 Å². The highest BCUT2D eigenvalue weighted by atomic mass is 35.5. The molecule has 1 unspecified atom stereocenters. The van der Waals surface area contributed by atoms with Gasteiger partial charge in [0.05, 0.1) is 25.0 Å². The largest absolute Gasteiger partial charge is 0.495 e. The second-order valence-corrected chi connectivity index (χ2v) is 7.88. The molecular weight excluding hydrogens is 461 g/mol. The van der Waals surface area contributed by atoms with Gasteiger partial charge in [-0.2, -0.15) is 0 Å². The molecule has 2 aliphatic rings. The fraction of sp³-hybridized carbons (Fsp3) is 0.280. The zero-order chi connectivity index (χ0) is 21.2. The van der Waals surface area contributed by atoms with E-state index in [1.165, 1.54) is 22.3 Å². The van der Waals surface area contributed by atoms with E-state index in [2.05, 4.69) is 46.7 Å². The van der Waals surface area contributed by atoms with E-state index < -0.39 is 0 Å². The summed E-state index contributed by atoms with van der Waals surface area (Å²) in [7, 11) is 1.62. The zero-order valence-electron chi connectivity index (χ0n) is 18.3. The number of pyridine rings is 1. The fourth-order valence-corrected chi connectivity index (χ4v) is 4.52. The Balaban J connectivity index is 0.00000153. The van der Waals surface area contributed by atoms with Crippen LogP contribution in [0, 0.1) is 0 Å². The summed E-state index contributed by atoms with van der Waals surface area (Å²) in [6.07, 6.45) is 1.42. The summed E-state index contributed by atoms with van der Waals surface area (Å²) in [6.45, 7) is 2.17. The Morgan fingerprint density at radius 1 is 1.03 bits per heavy atom. The van der Waals surface area contributed by atoms with E-state index in [9.17, 15) is 4.79 Å². The number of hydrogen-bond acceptors (Lipinski definition) is 5. The lowest BCUT2D eigenvalue weighted by Gasteiger charge is -2.33. The lowest BCUT2D eigenvalue weighted by atomic mass is 9.98. The molecule has 1 amide bonds. The Morgan fingerprint density at radius 2 is 1.70 bits per heavy atom. The second kappa shape index (κ2) is 10.9. The van der Waals surface area contributed by atoms with Crippen molar-refractivity contribution >= 4 is 30.9 Å². The Kier molecular flexibility index (Phi) is 8.19. The monoisotopic (exact) mass is 487 g/mol. The minimum Gasteiger partial charge on any atom is -0.495 e. The Morgan fingerprint density at radius 3 is 2.30 bits per heavy atom. The van der Waals surface area contributed by atoms with Gasteiger partial charge in [-0.15, -0.1) is 24.8 Å². The number of amides is 1. The van der Waals surface area contributed by atoms with Crippen LogP contribution in [0.4, 0.5) is 4.79 Å². The second-order valence-electron chi connectivity index (χ2n) is 7.88. The molecule has 6 nitrogen and oxygen atoms in total. The number of rotatable bonds is 4. The minimum atomic E-state index is -0.276. The molecule has 0 radical (unpaired) electrons. The van der Waals surface area contributed by atoms with E-state index in [0.717, 1.165) is 5.69 Å². The molecule has 1 aliphatic carbocycles. The first-order valence-corrected chi connectivity index (χ1v) is 10.6. The number of methoxy groups -OCH3 is 1. The van der Waals surface area contributed by atoms with Gasteiger partial charge in [-0.05, 0) is 34.4 Å². The quantitative estimate of drug-likeness (QED) is 0.570. The highest BCUT2D eigenvalue weighted by Gasteiger charge is 2.31. The van der Waals surface area contributed by atoms with Crippen molar-refractivity contribution in [3.63, 3.8) is 0 Å². The smallest absolute Gasteiger partial charge is 0.409 e. The van der Waals surface area contributed by atoms with Gasteiger partial charge >= 0.3 is 6.09 Å².